The lowest BCUT2D eigenvalue weighted by molar-refractivity contribution is -0.128. The molecular formula is C26H27N3O3. The first-order valence-corrected chi connectivity index (χ1v) is 11.4. The van der Waals surface area contributed by atoms with E-state index in [0.717, 1.165) is 78.7 Å². The van der Waals surface area contributed by atoms with Gasteiger partial charge in [-0.2, -0.15) is 5.26 Å². The number of fused-ring (bicyclic) bond motifs is 3. The molecule has 1 aromatic heterocycles. The summed E-state index contributed by atoms with van der Waals surface area (Å²) in [5, 5.41) is 17.9. The quantitative estimate of drug-likeness (QED) is 0.574. The maximum Gasteiger partial charge on any atom is 0.241 e. The van der Waals surface area contributed by atoms with Crippen LogP contribution in [0.1, 0.15) is 73.8 Å². The highest BCUT2D eigenvalue weighted by atomic mass is 16.3. The molecule has 0 spiro atoms. The van der Waals surface area contributed by atoms with Crippen molar-refractivity contribution in [1.82, 2.24) is 10.6 Å². The van der Waals surface area contributed by atoms with Crippen molar-refractivity contribution in [3.63, 3.8) is 0 Å². The number of aldehydes is 1. The van der Waals surface area contributed by atoms with Crippen LogP contribution in [0.2, 0.25) is 0 Å². The van der Waals surface area contributed by atoms with Gasteiger partial charge in [0.15, 0.2) is 0 Å². The molecule has 0 bridgehead atoms. The predicted octanol–water partition coefficient (Wildman–Crippen LogP) is 4.92. The molecule has 6 nitrogen and oxygen atoms in total. The Morgan fingerprint density at radius 2 is 1.97 bits per heavy atom. The highest BCUT2D eigenvalue weighted by Crippen LogP contribution is 2.37. The van der Waals surface area contributed by atoms with Crippen molar-refractivity contribution in [3.8, 4) is 6.07 Å². The Labute approximate surface area is 187 Å². The van der Waals surface area contributed by atoms with Crippen molar-refractivity contribution >= 4 is 34.1 Å². The number of hydrogen-bond acceptors (Lipinski definition) is 5. The Bertz CT molecular complexity index is 1250. The summed E-state index contributed by atoms with van der Waals surface area (Å²) in [5.74, 6) is -0.0883. The summed E-state index contributed by atoms with van der Waals surface area (Å²) in [6.45, 7) is 1.95. The van der Waals surface area contributed by atoms with Crippen molar-refractivity contribution in [2.75, 3.05) is 0 Å². The third kappa shape index (κ3) is 3.67. The molecule has 1 aliphatic heterocycles. The average molecular weight is 430 g/mol. The zero-order chi connectivity index (χ0) is 22.3. The lowest BCUT2D eigenvalue weighted by atomic mass is 9.86. The van der Waals surface area contributed by atoms with E-state index >= 15 is 0 Å². The van der Waals surface area contributed by atoms with Crippen molar-refractivity contribution in [3.05, 3.63) is 47.5 Å². The molecule has 2 N–H and O–H groups in total. The molecule has 6 heteroatoms. The van der Waals surface area contributed by atoms with Crippen LogP contribution in [0.25, 0.3) is 21.9 Å². The fourth-order valence-corrected chi connectivity index (χ4v) is 4.81. The summed E-state index contributed by atoms with van der Waals surface area (Å²) in [4.78, 5) is 24.4. The Hall–Kier alpha value is -3.17. The van der Waals surface area contributed by atoms with Crippen LogP contribution < -0.4 is 10.6 Å². The number of benzene rings is 2. The first-order chi connectivity index (χ1) is 15.5. The molecule has 2 fully saturated rings. The van der Waals surface area contributed by atoms with E-state index in [1.54, 1.807) is 6.07 Å². The normalized spacial score (nSPS) is 24.9. The van der Waals surface area contributed by atoms with Crippen LogP contribution in [-0.2, 0) is 4.79 Å². The van der Waals surface area contributed by atoms with Crippen LogP contribution in [0.15, 0.2) is 40.8 Å². The SMILES string of the molecule is CC1(C(=O)NC2(C#N)CC2)CCCCCC(c2ccc3c(c2)oc2ccc(C=O)cc23)N1. The third-order valence-corrected chi connectivity index (χ3v) is 7.04. The molecule has 1 amide bonds. The van der Waals surface area contributed by atoms with E-state index in [9.17, 15) is 14.9 Å². The molecule has 2 atom stereocenters. The lowest BCUT2D eigenvalue weighted by Crippen LogP contribution is -2.58. The molecule has 2 aliphatic rings. The molecule has 164 valence electrons. The van der Waals surface area contributed by atoms with Crippen LogP contribution >= 0.6 is 0 Å². The predicted molar refractivity (Wildman–Crippen MR) is 122 cm³/mol. The van der Waals surface area contributed by atoms with Crippen LogP contribution in [-0.4, -0.2) is 23.3 Å². The minimum atomic E-state index is -0.737. The van der Waals surface area contributed by atoms with Gasteiger partial charge >= 0.3 is 0 Å². The van der Waals surface area contributed by atoms with Gasteiger partial charge in [-0.1, -0.05) is 31.4 Å². The number of amides is 1. The second kappa shape index (κ2) is 7.75. The van der Waals surface area contributed by atoms with Gasteiger partial charge in [0.25, 0.3) is 0 Å². The maximum atomic E-state index is 13.2. The van der Waals surface area contributed by atoms with Gasteiger partial charge in [0.05, 0.1) is 11.6 Å². The summed E-state index contributed by atoms with van der Waals surface area (Å²) < 4.78 is 6.07. The molecule has 1 saturated heterocycles. The Morgan fingerprint density at radius 3 is 2.72 bits per heavy atom. The number of nitriles is 1. The van der Waals surface area contributed by atoms with E-state index in [-0.39, 0.29) is 11.9 Å². The van der Waals surface area contributed by atoms with Crippen LogP contribution in [0, 0.1) is 11.3 Å². The van der Waals surface area contributed by atoms with Crippen molar-refractivity contribution in [2.45, 2.75) is 69.0 Å². The van der Waals surface area contributed by atoms with Crippen LogP contribution in [0.3, 0.4) is 0 Å². The van der Waals surface area contributed by atoms with Crippen molar-refractivity contribution in [1.29, 1.82) is 5.26 Å². The van der Waals surface area contributed by atoms with Crippen LogP contribution in [0.5, 0.6) is 0 Å². The van der Waals surface area contributed by atoms with E-state index in [1.165, 1.54) is 0 Å². The first-order valence-electron chi connectivity index (χ1n) is 11.4. The molecular weight excluding hydrogens is 402 g/mol. The van der Waals surface area contributed by atoms with Gasteiger partial charge in [-0.05, 0) is 62.4 Å². The molecule has 5 rings (SSSR count). The zero-order valence-corrected chi connectivity index (χ0v) is 18.2. The molecule has 2 heterocycles. The van der Waals surface area contributed by atoms with Crippen LogP contribution in [0.4, 0.5) is 0 Å². The number of rotatable bonds is 4. The van der Waals surface area contributed by atoms with E-state index in [0.29, 0.717) is 5.56 Å². The highest BCUT2D eigenvalue weighted by Gasteiger charge is 2.48. The second-order valence-corrected chi connectivity index (χ2v) is 9.51. The van der Waals surface area contributed by atoms with Gasteiger partial charge in [-0.15, -0.1) is 0 Å². The number of carbonyl (C=O) groups excluding carboxylic acids is 2. The second-order valence-electron chi connectivity index (χ2n) is 9.51. The third-order valence-electron chi connectivity index (χ3n) is 7.04. The number of nitrogens with one attached hydrogen (secondary N) is 2. The lowest BCUT2D eigenvalue weighted by Gasteiger charge is -2.37. The number of hydrogen-bond donors (Lipinski definition) is 2. The summed E-state index contributed by atoms with van der Waals surface area (Å²) in [6.07, 6.45) is 7.09. The number of furan rings is 1. The van der Waals surface area contributed by atoms with Gasteiger partial charge in [0.2, 0.25) is 5.91 Å². The molecule has 3 aromatic rings. The standard InChI is InChI=1S/C26H27N3O3/c1-25(24(31)29-26(16-27)11-12-26)10-4-2-3-5-21(28-25)18-7-8-19-20-13-17(15-30)6-9-22(20)32-23(19)14-18/h6-9,13-15,21,28H,2-5,10-12H2,1H3,(H,29,31). The summed E-state index contributed by atoms with van der Waals surface area (Å²) in [6, 6.07) is 13.9. The Balaban J connectivity index is 1.46. The number of carbonyl (C=O) groups is 2. The minimum absolute atomic E-state index is 0.00596. The van der Waals surface area contributed by atoms with E-state index in [4.69, 9.17) is 4.42 Å². The first kappa shape index (κ1) is 20.7. The Kier molecular flexibility index (Phi) is 5.02. The van der Waals surface area contributed by atoms with Gasteiger partial charge in [-0.3, -0.25) is 14.9 Å². The van der Waals surface area contributed by atoms with Gasteiger partial charge in [0, 0.05) is 22.4 Å². The van der Waals surface area contributed by atoms with Gasteiger partial charge in [-0.25, -0.2) is 0 Å². The van der Waals surface area contributed by atoms with E-state index in [1.807, 2.05) is 31.2 Å². The average Bonchev–Trinajstić information content (AvgIpc) is 3.47. The zero-order valence-electron chi connectivity index (χ0n) is 18.2. The maximum absolute atomic E-state index is 13.2. The monoisotopic (exact) mass is 429 g/mol. The molecule has 1 aliphatic carbocycles. The van der Waals surface area contributed by atoms with Gasteiger partial charge in [0.1, 0.15) is 23.0 Å². The van der Waals surface area contributed by atoms with E-state index in [2.05, 4.69) is 22.8 Å². The minimum Gasteiger partial charge on any atom is -0.456 e. The summed E-state index contributed by atoms with van der Waals surface area (Å²) in [7, 11) is 0. The van der Waals surface area contributed by atoms with Crippen molar-refractivity contribution < 1.29 is 14.0 Å². The topological polar surface area (TPSA) is 95.1 Å². The smallest absolute Gasteiger partial charge is 0.241 e. The number of nitrogens with zero attached hydrogens (tertiary/aromatic N) is 1. The molecule has 2 unspecified atom stereocenters. The fourth-order valence-electron chi connectivity index (χ4n) is 4.81. The molecule has 2 aromatic carbocycles. The van der Waals surface area contributed by atoms with E-state index < -0.39 is 11.1 Å². The molecule has 32 heavy (non-hydrogen) atoms. The largest absolute Gasteiger partial charge is 0.456 e. The molecule has 0 radical (unpaired) electrons. The fraction of sp³-hybridized carbons (Fsp3) is 0.423. The van der Waals surface area contributed by atoms with Gasteiger partial charge < -0.3 is 9.73 Å². The Morgan fingerprint density at radius 1 is 1.12 bits per heavy atom. The van der Waals surface area contributed by atoms with Crippen molar-refractivity contribution in [2.24, 2.45) is 0 Å². The summed E-state index contributed by atoms with van der Waals surface area (Å²) >= 11 is 0. The summed E-state index contributed by atoms with van der Waals surface area (Å²) in [5.41, 5.74) is 1.82. The highest BCUT2D eigenvalue weighted by molar-refractivity contribution is 6.06. The molecule has 1 saturated carbocycles.